The highest BCUT2D eigenvalue weighted by atomic mass is 79.9. The van der Waals surface area contributed by atoms with Gasteiger partial charge in [0.05, 0.1) is 11.7 Å². The summed E-state index contributed by atoms with van der Waals surface area (Å²) in [5.74, 6) is 1.86. The van der Waals surface area contributed by atoms with E-state index in [4.69, 9.17) is 4.74 Å². The number of ether oxygens (including phenoxy) is 1. The van der Waals surface area contributed by atoms with E-state index >= 15 is 0 Å². The molecular weight excluding hydrogens is 300 g/mol. The maximum absolute atomic E-state index is 6.65. The fourth-order valence-corrected chi connectivity index (χ4v) is 4.66. The summed E-state index contributed by atoms with van der Waals surface area (Å²) >= 11 is 3.74. The van der Waals surface area contributed by atoms with Gasteiger partial charge >= 0.3 is 0 Å². The minimum absolute atomic E-state index is 0.159. The van der Waals surface area contributed by atoms with Crippen molar-refractivity contribution in [3.05, 3.63) is 0 Å². The van der Waals surface area contributed by atoms with Crippen LogP contribution >= 0.6 is 15.9 Å². The summed E-state index contributed by atoms with van der Waals surface area (Å²) < 4.78 is 6.65. The zero-order chi connectivity index (χ0) is 13.7. The van der Waals surface area contributed by atoms with Crippen molar-refractivity contribution in [3.63, 3.8) is 0 Å². The molecule has 2 atom stereocenters. The van der Waals surface area contributed by atoms with Gasteiger partial charge in [-0.1, -0.05) is 55.5 Å². The molecule has 0 radical (unpaired) electrons. The van der Waals surface area contributed by atoms with E-state index in [1.54, 1.807) is 0 Å². The van der Waals surface area contributed by atoms with E-state index in [1.165, 1.54) is 64.2 Å². The van der Waals surface area contributed by atoms with E-state index in [2.05, 4.69) is 29.8 Å². The molecular formula is C17H31BrO. The SMILES string of the molecule is CCC1CCC(CBr)(OC2CCCC(CC)C2)CC1. The highest BCUT2D eigenvalue weighted by Crippen LogP contribution is 2.40. The Balaban J connectivity index is 1.88. The van der Waals surface area contributed by atoms with Crippen LogP contribution in [0.25, 0.3) is 0 Å². The Morgan fingerprint density at radius 3 is 2.26 bits per heavy atom. The largest absolute Gasteiger partial charge is 0.371 e. The highest BCUT2D eigenvalue weighted by Gasteiger charge is 2.37. The van der Waals surface area contributed by atoms with Crippen molar-refractivity contribution in [2.75, 3.05) is 5.33 Å². The average molecular weight is 331 g/mol. The van der Waals surface area contributed by atoms with Gasteiger partial charge in [0.1, 0.15) is 0 Å². The van der Waals surface area contributed by atoms with Crippen molar-refractivity contribution in [1.29, 1.82) is 0 Å². The second kappa shape index (κ2) is 7.45. The molecule has 2 aliphatic carbocycles. The smallest absolute Gasteiger partial charge is 0.0782 e. The molecule has 0 aliphatic heterocycles. The van der Waals surface area contributed by atoms with Gasteiger partial charge in [-0.25, -0.2) is 0 Å². The molecule has 2 fully saturated rings. The van der Waals surface area contributed by atoms with Gasteiger partial charge in [0.2, 0.25) is 0 Å². The lowest BCUT2D eigenvalue weighted by Gasteiger charge is -2.43. The number of alkyl halides is 1. The van der Waals surface area contributed by atoms with Crippen LogP contribution < -0.4 is 0 Å². The van der Waals surface area contributed by atoms with Crippen LogP contribution in [0, 0.1) is 11.8 Å². The molecule has 19 heavy (non-hydrogen) atoms. The Labute approximate surface area is 128 Å². The second-order valence-electron chi connectivity index (χ2n) is 6.85. The molecule has 1 nitrogen and oxygen atoms in total. The minimum Gasteiger partial charge on any atom is -0.371 e. The summed E-state index contributed by atoms with van der Waals surface area (Å²) in [4.78, 5) is 0. The van der Waals surface area contributed by atoms with Crippen LogP contribution in [0.4, 0.5) is 0 Å². The second-order valence-corrected chi connectivity index (χ2v) is 7.41. The van der Waals surface area contributed by atoms with Crippen LogP contribution in [0.5, 0.6) is 0 Å². The van der Waals surface area contributed by atoms with Gasteiger partial charge in [0, 0.05) is 5.33 Å². The van der Waals surface area contributed by atoms with E-state index in [-0.39, 0.29) is 5.60 Å². The normalized spacial score (nSPS) is 40.3. The van der Waals surface area contributed by atoms with Crippen molar-refractivity contribution in [2.24, 2.45) is 11.8 Å². The molecule has 2 saturated carbocycles. The van der Waals surface area contributed by atoms with Gasteiger partial charge in [0.25, 0.3) is 0 Å². The molecule has 0 heterocycles. The average Bonchev–Trinajstić information content (AvgIpc) is 2.48. The lowest BCUT2D eigenvalue weighted by atomic mass is 9.78. The summed E-state index contributed by atoms with van der Waals surface area (Å²) in [7, 11) is 0. The summed E-state index contributed by atoms with van der Waals surface area (Å²) in [6.07, 6.45) is 13.9. The molecule has 0 saturated heterocycles. The van der Waals surface area contributed by atoms with E-state index in [9.17, 15) is 0 Å². The number of halogens is 1. The minimum atomic E-state index is 0.159. The van der Waals surface area contributed by atoms with Gasteiger partial charge in [0.15, 0.2) is 0 Å². The first-order valence-electron chi connectivity index (χ1n) is 8.45. The van der Waals surface area contributed by atoms with Crippen molar-refractivity contribution in [1.82, 2.24) is 0 Å². The summed E-state index contributed by atoms with van der Waals surface area (Å²) in [6.45, 7) is 4.67. The third-order valence-corrected chi connectivity index (χ3v) is 6.59. The lowest BCUT2D eigenvalue weighted by Crippen LogP contribution is -2.43. The van der Waals surface area contributed by atoms with Gasteiger partial charge in [-0.05, 0) is 50.4 Å². The van der Waals surface area contributed by atoms with Gasteiger partial charge in [-0.15, -0.1) is 0 Å². The van der Waals surface area contributed by atoms with Crippen LogP contribution in [0.2, 0.25) is 0 Å². The molecule has 2 rings (SSSR count). The zero-order valence-electron chi connectivity index (χ0n) is 12.8. The molecule has 0 aromatic rings. The molecule has 0 N–H and O–H groups in total. The zero-order valence-corrected chi connectivity index (χ0v) is 14.4. The van der Waals surface area contributed by atoms with E-state index < -0.39 is 0 Å². The topological polar surface area (TPSA) is 9.23 Å². The van der Waals surface area contributed by atoms with Gasteiger partial charge < -0.3 is 4.74 Å². The molecule has 0 aromatic heterocycles. The first-order chi connectivity index (χ1) is 9.21. The highest BCUT2D eigenvalue weighted by molar-refractivity contribution is 9.09. The maximum atomic E-state index is 6.65. The predicted octanol–water partition coefficient (Wildman–Crippen LogP) is 5.71. The lowest BCUT2D eigenvalue weighted by molar-refractivity contribution is -0.120. The monoisotopic (exact) mass is 330 g/mol. The van der Waals surface area contributed by atoms with Crippen LogP contribution in [-0.2, 0) is 4.74 Å². The molecule has 2 heteroatoms. The first-order valence-corrected chi connectivity index (χ1v) is 9.57. The van der Waals surface area contributed by atoms with Crippen molar-refractivity contribution in [2.45, 2.75) is 89.8 Å². The van der Waals surface area contributed by atoms with Crippen molar-refractivity contribution >= 4 is 15.9 Å². The maximum Gasteiger partial charge on any atom is 0.0782 e. The van der Waals surface area contributed by atoms with Crippen molar-refractivity contribution < 1.29 is 4.74 Å². The summed E-state index contributed by atoms with van der Waals surface area (Å²) in [6, 6.07) is 0. The Morgan fingerprint density at radius 2 is 1.68 bits per heavy atom. The third kappa shape index (κ3) is 4.20. The van der Waals surface area contributed by atoms with E-state index in [0.29, 0.717) is 6.10 Å². The number of hydrogen-bond donors (Lipinski definition) is 0. The standard InChI is InChI=1S/C17H31BrO/c1-3-14-8-10-17(13-18,11-9-14)19-16-7-5-6-15(4-2)12-16/h14-16H,3-13H2,1-2H3. The molecule has 0 aromatic carbocycles. The fourth-order valence-electron chi connectivity index (χ4n) is 3.97. The summed E-state index contributed by atoms with van der Waals surface area (Å²) in [5, 5.41) is 1.03. The Hall–Kier alpha value is 0.440. The predicted molar refractivity (Wildman–Crippen MR) is 85.9 cm³/mol. The quantitative estimate of drug-likeness (QED) is 0.587. The van der Waals surface area contributed by atoms with Crippen LogP contribution in [-0.4, -0.2) is 17.0 Å². The van der Waals surface area contributed by atoms with Gasteiger partial charge in [-0.2, -0.15) is 0 Å². The molecule has 2 unspecified atom stereocenters. The molecule has 112 valence electrons. The van der Waals surface area contributed by atoms with Gasteiger partial charge in [-0.3, -0.25) is 0 Å². The summed E-state index contributed by atoms with van der Waals surface area (Å²) in [5.41, 5.74) is 0.159. The van der Waals surface area contributed by atoms with E-state index in [1.807, 2.05) is 0 Å². The number of hydrogen-bond acceptors (Lipinski definition) is 1. The van der Waals surface area contributed by atoms with Crippen LogP contribution in [0.3, 0.4) is 0 Å². The van der Waals surface area contributed by atoms with E-state index in [0.717, 1.165) is 17.2 Å². The fraction of sp³-hybridized carbons (Fsp3) is 1.00. The Bertz CT molecular complexity index is 258. The van der Waals surface area contributed by atoms with Crippen LogP contribution in [0.1, 0.15) is 78.1 Å². The number of rotatable bonds is 5. The molecule has 0 spiro atoms. The first kappa shape index (κ1) is 15.8. The molecule has 0 amide bonds. The molecule has 2 aliphatic rings. The van der Waals surface area contributed by atoms with Crippen LogP contribution in [0.15, 0.2) is 0 Å². The Morgan fingerprint density at radius 1 is 1.00 bits per heavy atom. The van der Waals surface area contributed by atoms with Crippen molar-refractivity contribution in [3.8, 4) is 0 Å². The Kier molecular flexibility index (Phi) is 6.20. The molecule has 0 bridgehead atoms. The third-order valence-electron chi connectivity index (χ3n) is 5.57.